The average Bonchev–Trinajstić information content (AvgIpc) is 2.89. The van der Waals surface area contributed by atoms with Crippen LogP contribution in [0.25, 0.3) is 11.1 Å². The Labute approximate surface area is 212 Å². The summed E-state index contributed by atoms with van der Waals surface area (Å²) in [6, 6.07) is 24.2. The minimum atomic E-state index is -3.81. The molecule has 0 radical (unpaired) electrons. The smallest absolute Gasteiger partial charge is 0.303 e. The lowest BCUT2D eigenvalue weighted by Gasteiger charge is -2.36. The van der Waals surface area contributed by atoms with Crippen LogP contribution in [0.1, 0.15) is 37.7 Å². The van der Waals surface area contributed by atoms with Crippen molar-refractivity contribution in [2.75, 3.05) is 7.11 Å². The Bertz CT molecular complexity index is 1240. The van der Waals surface area contributed by atoms with E-state index in [1.165, 1.54) is 0 Å². The van der Waals surface area contributed by atoms with Gasteiger partial charge in [0, 0.05) is 19.0 Å². The van der Waals surface area contributed by atoms with Gasteiger partial charge in [0.2, 0.25) is 0 Å². The van der Waals surface area contributed by atoms with Crippen LogP contribution in [0.3, 0.4) is 0 Å². The van der Waals surface area contributed by atoms with E-state index < -0.39 is 16.0 Å². The van der Waals surface area contributed by atoms with Gasteiger partial charge in [-0.2, -0.15) is 0 Å². The molecule has 0 atom stereocenters. The van der Waals surface area contributed by atoms with Gasteiger partial charge in [0.05, 0.1) is 12.0 Å². The first kappa shape index (κ1) is 25.9. The molecule has 0 amide bonds. The van der Waals surface area contributed by atoms with Gasteiger partial charge in [0.1, 0.15) is 5.75 Å². The summed E-state index contributed by atoms with van der Waals surface area (Å²) < 4.78 is 31.9. The van der Waals surface area contributed by atoms with Gasteiger partial charge in [0.15, 0.2) is 0 Å². The minimum absolute atomic E-state index is 0.0106. The van der Waals surface area contributed by atoms with E-state index >= 15 is 0 Å². The molecule has 0 aromatic heterocycles. The predicted molar refractivity (Wildman–Crippen MR) is 139 cm³/mol. The van der Waals surface area contributed by atoms with Crippen molar-refractivity contribution in [2.45, 2.75) is 49.6 Å². The zero-order valence-electron chi connectivity index (χ0n) is 20.3. The number of ether oxygens (including phenoxy) is 1. The third-order valence-electron chi connectivity index (χ3n) is 6.74. The number of nitrogens with one attached hydrogen (secondary N) is 1. The number of nitrogens with zero attached hydrogens (tertiary/aromatic N) is 1. The van der Waals surface area contributed by atoms with Gasteiger partial charge in [-0.1, -0.05) is 54.6 Å². The first-order valence-corrected chi connectivity index (χ1v) is 13.6. The lowest BCUT2D eigenvalue weighted by Crippen LogP contribution is -2.49. The number of methoxy groups -OCH3 is 1. The van der Waals surface area contributed by atoms with E-state index in [9.17, 15) is 13.2 Å². The van der Waals surface area contributed by atoms with Crippen molar-refractivity contribution >= 4 is 16.0 Å². The summed E-state index contributed by atoms with van der Waals surface area (Å²) in [5, 5.41) is 10.9. The Hall–Kier alpha value is -3.20. The zero-order valence-corrected chi connectivity index (χ0v) is 21.2. The normalized spacial score (nSPS) is 18.2. The number of benzene rings is 3. The number of hydrogen-bond acceptors (Lipinski definition) is 5. The van der Waals surface area contributed by atoms with E-state index in [0.717, 1.165) is 48.1 Å². The van der Waals surface area contributed by atoms with E-state index in [-0.39, 0.29) is 23.3 Å². The third-order valence-corrected chi connectivity index (χ3v) is 8.11. The number of hydrogen-bond donors (Lipinski definition) is 2. The predicted octanol–water partition coefficient (Wildman–Crippen LogP) is 5.09. The van der Waals surface area contributed by atoms with Crippen LogP contribution in [-0.4, -0.2) is 37.7 Å². The first-order valence-electron chi connectivity index (χ1n) is 12.1. The number of carboxylic acids is 1. The lowest BCUT2D eigenvalue weighted by molar-refractivity contribution is -0.138. The molecule has 0 heterocycles. The van der Waals surface area contributed by atoms with E-state index in [1.807, 2.05) is 54.6 Å². The van der Waals surface area contributed by atoms with Crippen LogP contribution >= 0.6 is 0 Å². The Morgan fingerprint density at radius 2 is 1.50 bits per heavy atom. The topological polar surface area (TPSA) is 95.9 Å². The Kier molecular flexibility index (Phi) is 8.40. The summed E-state index contributed by atoms with van der Waals surface area (Å²) in [5.41, 5.74) is 2.88. The van der Waals surface area contributed by atoms with Crippen molar-refractivity contribution in [1.29, 1.82) is 0 Å². The van der Waals surface area contributed by atoms with Crippen LogP contribution < -0.4 is 9.57 Å². The summed E-state index contributed by atoms with van der Waals surface area (Å²) in [5.74, 6) is 0.121. The summed E-state index contributed by atoms with van der Waals surface area (Å²) >= 11 is 0. The highest BCUT2D eigenvalue weighted by molar-refractivity contribution is 7.89. The quantitative estimate of drug-likeness (QED) is 0.370. The molecule has 1 fully saturated rings. The summed E-state index contributed by atoms with van der Waals surface area (Å²) in [6.45, 7) is 0.429. The molecule has 3 aromatic carbocycles. The molecule has 4 rings (SSSR count). The van der Waals surface area contributed by atoms with Gasteiger partial charge in [-0.25, -0.2) is 13.4 Å². The molecular weight excluding hydrogens is 476 g/mol. The van der Waals surface area contributed by atoms with Gasteiger partial charge >= 0.3 is 5.97 Å². The fourth-order valence-electron chi connectivity index (χ4n) is 4.74. The second kappa shape index (κ2) is 11.7. The lowest BCUT2D eigenvalue weighted by atomic mass is 9.84. The van der Waals surface area contributed by atoms with Crippen LogP contribution in [0.2, 0.25) is 0 Å². The van der Waals surface area contributed by atoms with Crippen molar-refractivity contribution in [3.05, 3.63) is 84.4 Å². The van der Waals surface area contributed by atoms with Crippen LogP contribution in [0.15, 0.2) is 83.8 Å². The van der Waals surface area contributed by atoms with E-state index in [0.29, 0.717) is 6.54 Å². The van der Waals surface area contributed by atoms with Gasteiger partial charge in [0.25, 0.3) is 10.0 Å². The SMILES string of the molecule is COc1ccc(-c2ccc(S(=O)(=O)NN(Cc3ccccc3)C3CCC(CC(=O)O)CC3)cc2)cc1. The van der Waals surface area contributed by atoms with E-state index in [2.05, 4.69) is 4.83 Å². The molecule has 0 unspecified atom stereocenters. The largest absolute Gasteiger partial charge is 0.497 e. The maximum Gasteiger partial charge on any atom is 0.303 e. The zero-order chi connectivity index (χ0) is 25.5. The summed E-state index contributed by atoms with van der Waals surface area (Å²) in [4.78, 5) is 14.1. The number of hydrazine groups is 1. The second-order valence-electron chi connectivity index (χ2n) is 9.23. The number of aliphatic carboxylic acids is 1. The van der Waals surface area contributed by atoms with Crippen molar-refractivity contribution in [2.24, 2.45) is 5.92 Å². The molecule has 190 valence electrons. The molecule has 3 aromatic rings. The molecule has 1 saturated carbocycles. The third kappa shape index (κ3) is 6.72. The van der Waals surface area contributed by atoms with Crippen molar-refractivity contribution < 1.29 is 23.1 Å². The molecule has 36 heavy (non-hydrogen) atoms. The van der Waals surface area contributed by atoms with Gasteiger partial charge < -0.3 is 9.84 Å². The van der Waals surface area contributed by atoms with Gasteiger partial charge in [-0.3, -0.25) is 4.79 Å². The van der Waals surface area contributed by atoms with Crippen LogP contribution in [0.5, 0.6) is 5.75 Å². The summed E-state index contributed by atoms with van der Waals surface area (Å²) in [7, 11) is -2.19. The highest BCUT2D eigenvalue weighted by Gasteiger charge is 2.30. The van der Waals surface area contributed by atoms with E-state index in [4.69, 9.17) is 9.84 Å². The molecule has 1 aliphatic carbocycles. The Balaban J connectivity index is 1.50. The molecular formula is C28H32N2O5S. The highest BCUT2D eigenvalue weighted by Crippen LogP contribution is 2.30. The standard InChI is InChI=1S/C28H32N2O5S/c1-35-26-15-9-23(10-16-26)24-11-17-27(18-12-24)36(33,34)29-30(20-22-5-3-2-4-6-22)25-13-7-21(8-14-25)19-28(31)32/h2-6,9-12,15-18,21,25,29H,7-8,13-14,19-20H2,1H3,(H,31,32). The first-order chi connectivity index (χ1) is 17.3. The van der Waals surface area contributed by atoms with Gasteiger partial charge in [-0.15, -0.1) is 4.83 Å². The molecule has 0 aliphatic heterocycles. The fraction of sp³-hybridized carbons (Fsp3) is 0.321. The van der Waals surface area contributed by atoms with E-state index in [1.54, 1.807) is 36.4 Å². The molecule has 7 nitrogen and oxygen atoms in total. The number of rotatable bonds is 10. The maximum atomic E-state index is 13.4. The Morgan fingerprint density at radius 1 is 0.917 bits per heavy atom. The maximum absolute atomic E-state index is 13.4. The number of carbonyl (C=O) groups is 1. The molecule has 0 saturated heterocycles. The highest BCUT2D eigenvalue weighted by atomic mass is 32.2. The second-order valence-corrected chi connectivity index (χ2v) is 10.9. The molecule has 2 N–H and O–H groups in total. The molecule has 8 heteroatoms. The molecule has 1 aliphatic rings. The monoisotopic (exact) mass is 508 g/mol. The van der Waals surface area contributed by atoms with Crippen LogP contribution in [0.4, 0.5) is 0 Å². The van der Waals surface area contributed by atoms with Crippen molar-refractivity contribution in [1.82, 2.24) is 9.84 Å². The Morgan fingerprint density at radius 3 is 2.06 bits per heavy atom. The van der Waals surface area contributed by atoms with Gasteiger partial charge in [-0.05, 0) is 72.6 Å². The number of carboxylic acid groups (broad SMARTS) is 1. The van der Waals surface area contributed by atoms with Crippen LogP contribution in [0, 0.1) is 5.92 Å². The van der Waals surface area contributed by atoms with Crippen LogP contribution in [-0.2, 0) is 21.4 Å². The molecule has 0 bridgehead atoms. The average molecular weight is 509 g/mol. The minimum Gasteiger partial charge on any atom is -0.497 e. The van der Waals surface area contributed by atoms with Crippen molar-refractivity contribution in [3.8, 4) is 16.9 Å². The van der Waals surface area contributed by atoms with Crippen molar-refractivity contribution in [3.63, 3.8) is 0 Å². The summed E-state index contributed by atoms with van der Waals surface area (Å²) in [6.07, 6.45) is 3.17. The molecule has 0 spiro atoms. The fourth-order valence-corrected chi connectivity index (χ4v) is 5.86. The number of sulfonamides is 1.